The number of carbonyl (C=O) groups excluding carboxylic acids is 2. The van der Waals surface area contributed by atoms with E-state index in [9.17, 15) is 9.59 Å². The molecule has 3 unspecified atom stereocenters. The van der Waals surface area contributed by atoms with Crippen LogP contribution >= 0.6 is 0 Å². The minimum Gasteiger partial charge on any atom is -0.345 e. The molecule has 110 valence electrons. The molecule has 1 rings (SSSR count). The highest BCUT2D eigenvalue weighted by atomic mass is 16.2. The van der Waals surface area contributed by atoms with Crippen LogP contribution in [0.5, 0.6) is 0 Å². The van der Waals surface area contributed by atoms with Crippen molar-refractivity contribution >= 4 is 11.7 Å². The van der Waals surface area contributed by atoms with Gasteiger partial charge in [0.15, 0.2) is 5.78 Å². The fourth-order valence-electron chi connectivity index (χ4n) is 3.08. The molecule has 0 aromatic rings. The lowest BCUT2D eigenvalue weighted by Gasteiger charge is -2.34. The summed E-state index contributed by atoms with van der Waals surface area (Å²) >= 11 is 0. The van der Waals surface area contributed by atoms with Crippen molar-refractivity contribution in [2.24, 2.45) is 17.8 Å². The smallest absolute Gasteiger partial charge is 0.234 e. The van der Waals surface area contributed by atoms with Crippen molar-refractivity contribution in [1.82, 2.24) is 10.2 Å². The van der Waals surface area contributed by atoms with Gasteiger partial charge < -0.3 is 5.32 Å². The van der Waals surface area contributed by atoms with Crippen molar-refractivity contribution in [3.8, 4) is 0 Å². The number of piperidine rings is 1. The molecular weight excluding hydrogens is 240 g/mol. The fourth-order valence-corrected chi connectivity index (χ4v) is 3.08. The third-order valence-corrected chi connectivity index (χ3v) is 3.73. The Bertz CT molecular complexity index is 318. The summed E-state index contributed by atoms with van der Waals surface area (Å²) in [7, 11) is 0. The average molecular weight is 268 g/mol. The van der Waals surface area contributed by atoms with Crippen LogP contribution in [0.25, 0.3) is 0 Å². The molecule has 0 radical (unpaired) electrons. The Morgan fingerprint density at radius 2 is 1.74 bits per heavy atom. The summed E-state index contributed by atoms with van der Waals surface area (Å²) in [6.45, 7) is 12.3. The first-order valence-electron chi connectivity index (χ1n) is 7.31. The van der Waals surface area contributed by atoms with Crippen LogP contribution in [-0.4, -0.2) is 42.3 Å². The first kappa shape index (κ1) is 16.2. The highest BCUT2D eigenvalue weighted by molar-refractivity contribution is 5.88. The van der Waals surface area contributed by atoms with Gasteiger partial charge in [0.25, 0.3) is 0 Å². The van der Waals surface area contributed by atoms with Crippen LogP contribution in [0, 0.1) is 17.8 Å². The molecule has 0 saturated carbocycles. The molecule has 3 atom stereocenters. The zero-order valence-corrected chi connectivity index (χ0v) is 12.9. The molecule has 19 heavy (non-hydrogen) atoms. The van der Waals surface area contributed by atoms with E-state index >= 15 is 0 Å². The molecule has 4 nitrogen and oxygen atoms in total. The summed E-state index contributed by atoms with van der Waals surface area (Å²) in [4.78, 5) is 25.7. The summed E-state index contributed by atoms with van der Waals surface area (Å²) in [5.74, 6) is 1.43. The Labute approximate surface area is 116 Å². The van der Waals surface area contributed by atoms with Gasteiger partial charge in [0.1, 0.15) is 0 Å². The number of Topliss-reactive ketones (excluding diaryl/α,β-unsaturated/α-hetero) is 1. The summed E-state index contributed by atoms with van der Waals surface area (Å²) in [6.07, 6.45) is 1.24. The molecule has 1 amide bonds. The number of likely N-dealkylation sites (tertiary alicyclic amines) is 1. The maximum atomic E-state index is 12.0. The lowest BCUT2D eigenvalue weighted by Crippen LogP contribution is -2.49. The molecule has 1 aliphatic heterocycles. The van der Waals surface area contributed by atoms with Gasteiger partial charge in [0, 0.05) is 13.1 Å². The first-order chi connectivity index (χ1) is 8.79. The van der Waals surface area contributed by atoms with Crippen LogP contribution in [0.4, 0.5) is 0 Å². The van der Waals surface area contributed by atoms with E-state index in [2.05, 4.69) is 24.1 Å². The van der Waals surface area contributed by atoms with E-state index in [0.29, 0.717) is 18.4 Å². The molecular formula is C15H28N2O2. The number of amides is 1. The van der Waals surface area contributed by atoms with Crippen molar-refractivity contribution in [2.45, 2.75) is 47.1 Å². The van der Waals surface area contributed by atoms with E-state index in [1.807, 2.05) is 13.8 Å². The molecule has 1 fully saturated rings. The molecule has 0 aromatic carbocycles. The summed E-state index contributed by atoms with van der Waals surface area (Å²) in [5.41, 5.74) is 0. The average Bonchev–Trinajstić information content (AvgIpc) is 2.23. The Hall–Kier alpha value is -0.900. The number of hydrogen-bond donors (Lipinski definition) is 1. The number of hydrogen-bond acceptors (Lipinski definition) is 3. The Balaban J connectivity index is 2.48. The Kier molecular flexibility index (Phi) is 5.98. The topological polar surface area (TPSA) is 49.4 Å². The summed E-state index contributed by atoms with van der Waals surface area (Å²) in [5, 5.41) is 2.86. The van der Waals surface area contributed by atoms with E-state index < -0.39 is 0 Å². The predicted octanol–water partition coefficient (Wildman–Crippen LogP) is 1.69. The first-order valence-corrected chi connectivity index (χ1v) is 7.31. The molecule has 4 heteroatoms. The zero-order chi connectivity index (χ0) is 14.6. The highest BCUT2D eigenvalue weighted by Crippen LogP contribution is 2.20. The normalized spacial score (nSPS) is 26.2. The van der Waals surface area contributed by atoms with Gasteiger partial charge in [-0.3, -0.25) is 14.5 Å². The predicted molar refractivity (Wildman–Crippen MR) is 76.8 cm³/mol. The quantitative estimate of drug-likeness (QED) is 0.825. The van der Waals surface area contributed by atoms with Gasteiger partial charge in [-0.15, -0.1) is 0 Å². The lowest BCUT2D eigenvalue weighted by molar-refractivity contribution is -0.128. The van der Waals surface area contributed by atoms with E-state index in [0.717, 1.165) is 13.1 Å². The van der Waals surface area contributed by atoms with Crippen molar-refractivity contribution in [3.05, 3.63) is 0 Å². The molecule has 1 saturated heterocycles. The maximum absolute atomic E-state index is 12.0. The van der Waals surface area contributed by atoms with E-state index in [1.54, 1.807) is 0 Å². The van der Waals surface area contributed by atoms with Gasteiger partial charge in [-0.25, -0.2) is 0 Å². The van der Waals surface area contributed by atoms with Gasteiger partial charge in [-0.1, -0.05) is 27.7 Å². The van der Waals surface area contributed by atoms with Gasteiger partial charge in [0.05, 0.1) is 12.6 Å². The number of rotatable bonds is 5. The van der Waals surface area contributed by atoms with Crippen LogP contribution in [0.2, 0.25) is 0 Å². The Morgan fingerprint density at radius 3 is 2.16 bits per heavy atom. The molecule has 0 aromatic heterocycles. The minimum atomic E-state index is -0.355. The van der Waals surface area contributed by atoms with Gasteiger partial charge >= 0.3 is 0 Å². The summed E-state index contributed by atoms with van der Waals surface area (Å²) < 4.78 is 0. The van der Waals surface area contributed by atoms with Crippen molar-refractivity contribution in [1.29, 1.82) is 0 Å². The molecule has 0 aliphatic carbocycles. The number of ketones is 1. The zero-order valence-electron chi connectivity index (χ0n) is 12.9. The molecule has 1 aliphatic rings. The van der Waals surface area contributed by atoms with Crippen LogP contribution in [0.1, 0.15) is 41.0 Å². The Morgan fingerprint density at radius 1 is 1.21 bits per heavy atom. The van der Waals surface area contributed by atoms with Crippen LogP contribution in [0.15, 0.2) is 0 Å². The maximum Gasteiger partial charge on any atom is 0.234 e. The van der Waals surface area contributed by atoms with E-state index in [4.69, 9.17) is 0 Å². The van der Waals surface area contributed by atoms with Crippen molar-refractivity contribution < 1.29 is 9.59 Å². The third-order valence-electron chi connectivity index (χ3n) is 3.73. The molecule has 0 bridgehead atoms. The fraction of sp³-hybridized carbons (Fsp3) is 0.867. The number of nitrogens with zero attached hydrogens (tertiary/aromatic N) is 1. The van der Waals surface area contributed by atoms with Crippen LogP contribution < -0.4 is 5.32 Å². The van der Waals surface area contributed by atoms with Crippen molar-refractivity contribution in [2.75, 3.05) is 19.6 Å². The number of carbonyl (C=O) groups is 2. The van der Waals surface area contributed by atoms with Crippen LogP contribution in [-0.2, 0) is 9.59 Å². The largest absolute Gasteiger partial charge is 0.345 e. The van der Waals surface area contributed by atoms with Gasteiger partial charge in [-0.05, 0) is 31.1 Å². The second-order valence-corrected chi connectivity index (χ2v) is 6.54. The molecule has 1 heterocycles. The third kappa shape index (κ3) is 5.31. The molecule has 1 N–H and O–H groups in total. The van der Waals surface area contributed by atoms with Crippen molar-refractivity contribution in [3.63, 3.8) is 0 Å². The second kappa shape index (κ2) is 7.04. The molecule has 0 spiro atoms. The number of nitrogens with one attached hydrogen (secondary N) is 1. The van der Waals surface area contributed by atoms with Gasteiger partial charge in [0.2, 0.25) is 5.91 Å². The van der Waals surface area contributed by atoms with Gasteiger partial charge in [-0.2, -0.15) is 0 Å². The second-order valence-electron chi connectivity index (χ2n) is 6.54. The minimum absolute atomic E-state index is 0.0312. The lowest BCUT2D eigenvalue weighted by atomic mass is 9.92. The van der Waals surface area contributed by atoms with E-state index in [-0.39, 0.29) is 23.7 Å². The van der Waals surface area contributed by atoms with Crippen LogP contribution in [0.3, 0.4) is 0 Å². The monoisotopic (exact) mass is 268 g/mol. The summed E-state index contributed by atoms with van der Waals surface area (Å²) in [6, 6.07) is -0.355. The van der Waals surface area contributed by atoms with E-state index in [1.165, 1.54) is 13.3 Å². The standard InChI is InChI=1S/C15H28N2O2/c1-10(2)15(13(5)18)16-14(19)9-17-7-11(3)6-12(4)8-17/h10-12,15H,6-9H2,1-5H3,(H,16,19). The highest BCUT2D eigenvalue weighted by Gasteiger charge is 2.25. The SMILES string of the molecule is CC(=O)C(NC(=O)CN1CC(C)CC(C)C1)C(C)C.